The van der Waals surface area contributed by atoms with Gasteiger partial charge in [0.15, 0.2) is 12.3 Å². The molecule has 0 N–H and O–H groups in total. The van der Waals surface area contributed by atoms with Crippen LogP contribution in [0.1, 0.15) is 36.2 Å². The molecule has 1 unspecified atom stereocenters. The molecule has 7 aromatic carbocycles. The van der Waals surface area contributed by atoms with E-state index in [1.165, 1.54) is 49.5 Å². The average molecular weight is 606 g/mol. The molecule has 0 spiro atoms. The van der Waals surface area contributed by atoms with Gasteiger partial charge in [0.2, 0.25) is 0 Å². The molecule has 1 aliphatic heterocycles. The van der Waals surface area contributed by atoms with Crippen molar-refractivity contribution >= 4 is 54.9 Å². The lowest BCUT2D eigenvalue weighted by atomic mass is 9.95. The second-order valence-corrected chi connectivity index (χ2v) is 12.6. The molecule has 9 rings (SSSR count). The molecule has 0 saturated heterocycles. The van der Waals surface area contributed by atoms with Crippen LogP contribution in [0.5, 0.6) is 0 Å². The van der Waals surface area contributed by atoms with Gasteiger partial charge in [-0.2, -0.15) is 0 Å². The van der Waals surface area contributed by atoms with Crippen LogP contribution < -0.4 is 0 Å². The maximum atomic E-state index is 6.35. The van der Waals surface area contributed by atoms with E-state index in [1.807, 2.05) is 6.07 Å². The van der Waals surface area contributed by atoms with Crippen molar-refractivity contribution < 1.29 is 8.99 Å². The van der Waals surface area contributed by atoms with Gasteiger partial charge in [0.25, 0.3) is 6.17 Å². The predicted molar refractivity (Wildman–Crippen MR) is 196 cm³/mol. The molecule has 3 heteroatoms. The van der Waals surface area contributed by atoms with Crippen molar-refractivity contribution in [3.05, 3.63) is 168 Å². The van der Waals surface area contributed by atoms with Gasteiger partial charge in [-0.1, -0.05) is 115 Å². The standard InChI is InChI=1S/C44H33N2O/c1-29-24-40(36-23-21-33-20-22-35(26-37(33)27-36)31-10-3-2-4-11-31)45-44(46(29)28-30-18-19-32-12-5-6-13-34(32)25-30)39-15-9-17-42-43(39)38-14-7-8-16-41(38)47-42/h2-23,25-27,44H,24,28H2,1H3/q+1. The lowest BCUT2D eigenvalue weighted by Crippen LogP contribution is -2.30. The third-order valence-electron chi connectivity index (χ3n) is 9.65. The summed E-state index contributed by atoms with van der Waals surface area (Å²) in [7, 11) is 0. The van der Waals surface area contributed by atoms with Gasteiger partial charge in [0.05, 0.1) is 17.7 Å². The largest absolute Gasteiger partial charge is 0.456 e. The summed E-state index contributed by atoms with van der Waals surface area (Å²) < 4.78 is 8.83. The first-order chi connectivity index (χ1) is 23.2. The first-order valence-corrected chi connectivity index (χ1v) is 16.3. The Morgan fingerprint density at radius 3 is 2.19 bits per heavy atom. The van der Waals surface area contributed by atoms with E-state index in [-0.39, 0.29) is 6.17 Å². The molecule has 0 amide bonds. The number of nitrogens with zero attached hydrogens (tertiary/aromatic N) is 2. The summed E-state index contributed by atoms with van der Waals surface area (Å²) in [6, 6.07) is 54.3. The highest BCUT2D eigenvalue weighted by molar-refractivity contribution is 6.13. The Hall–Kier alpha value is -5.80. The molecule has 47 heavy (non-hydrogen) atoms. The minimum atomic E-state index is -0.207. The Labute approximate surface area is 273 Å². The van der Waals surface area contributed by atoms with Gasteiger partial charge < -0.3 is 4.42 Å². The predicted octanol–water partition coefficient (Wildman–Crippen LogP) is 11.1. The van der Waals surface area contributed by atoms with E-state index in [0.29, 0.717) is 0 Å². The second-order valence-electron chi connectivity index (χ2n) is 12.6. The van der Waals surface area contributed by atoms with Crippen LogP contribution in [0.4, 0.5) is 0 Å². The second kappa shape index (κ2) is 11.2. The third kappa shape index (κ3) is 4.92. The summed E-state index contributed by atoms with van der Waals surface area (Å²) in [6.07, 6.45) is 0.581. The molecule has 1 atom stereocenters. The van der Waals surface area contributed by atoms with Gasteiger partial charge in [-0.25, -0.2) is 9.57 Å². The molecule has 3 nitrogen and oxygen atoms in total. The number of hydrogen-bond acceptors (Lipinski definition) is 2. The first-order valence-electron chi connectivity index (χ1n) is 16.3. The molecular weight excluding hydrogens is 572 g/mol. The van der Waals surface area contributed by atoms with Crippen molar-refractivity contribution in [2.75, 3.05) is 0 Å². The maximum absolute atomic E-state index is 6.35. The highest BCUT2D eigenvalue weighted by atomic mass is 16.3. The molecule has 0 fully saturated rings. The molecular formula is C44H33N2O+. The van der Waals surface area contributed by atoms with Crippen LogP contribution in [0.2, 0.25) is 0 Å². The number of fused-ring (bicyclic) bond motifs is 5. The third-order valence-corrected chi connectivity index (χ3v) is 9.65. The number of rotatable bonds is 5. The number of hydrogen-bond donors (Lipinski definition) is 0. The fourth-order valence-electron chi connectivity index (χ4n) is 7.24. The zero-order chi connectivity index (χ0) is 31.3. The van der Waals surface area contributed by atoms with E-state index in [0.717, 1.165) is 46.2 Å². The van der Waals surface area contributed by atoms with E-state index in [4.69, 9.17) is 9.41 Å². The fourth-order valence-corrected chi connectivity index (χ4v) is 7.24. The summed E-state index contributed by atoms with van der Waals surface area (Å²) in [5.41, 5.74) is 10.3. The monoisotopic (exact) mass is 605 g/mol. The highest BCUT2D eigenvalue weighted by Gasteiger charge is 2.33. The van der Waals surface area contributed by atoms with Crippen LogP contribution in [0, 0.1) is 0 Å². The fraction of sp³-hybridized carbons (Fsp3) is 0.0909. The zero-order valence-electron chi connectivity index (χ0n) is 26.2. The molecule has 1 aromatic heterocycles. The van der Waals surface area contributed by atoms with Crippen LogP contribution >= 0.6 is 0 Å². The van der Waals surface area contributed by atoms with Gasteiger partial charge in [0, 0.05) is 23.3 Å². The Bertz CT molecular complexity index is 2540. The number of para-hydroxylation sites is 1. The average Bonchev–Trinajstić information content (AvgIpc) is 3.51. The lowest BCUT2D eigenvalue weighted by molar-refractivity contribution is -0.588. The molecule has 0 radical (unpaired) electrons. The van der Waals surface area contributed by atoms with Crippen molar-refractivity contribution in [3.63, 3.8) is 0 Å². The smallest absolute Gasteiger partial charge is 0.273 e. The van der Waals surface area contributed by atoms with Gasteiger partial charge in [-0.3, -0.25) is 0 Å². The van der Waals surface area contributed by atoms with Crippen LogP contribution in [-0.4, -0.2) is 16.0 Å². The van der Waals surface area contributed by atoms with Gasteiger partial charge >= 0.3 is 0 Å². The van der Waals surface area contributed by atoms with E-state index in [1.54, 1.807) is 0 Å². The Morgan fingerprint density at radius 2 is 1.30 bits per heavy atom. The molecule has 0 aliphatic carbocycles. The molecule has 0 bridgehead atoms. The number of furan rings is 1. The molecule has 8 aromatic rings. The van der Waals surface area contributed by atoms with Crippen molar-refractivity contribution in [2.24, 2.45) is 4.99 Å². The van der Waals surface area contributed by atoms with Crippen molar-refractivity contribution in [3.8, 4) is 11.1 Å². The van der Waals surface area contributed by atoms with Gasteiger partial charge in [-0.15, -0.1) is 0 Å². The van der Waals surface area contributed by atoms with Gasteiger partial charge in [-0.05, 0) is 74.6 Å². The minimum absolute atomic E-state index is 0.207. The van der Waals surface area contributed by atoms with Crippen LogP contribution in [0.25, 0.3) is 54.6 Å². The molecule has 2 heterocycles. The Kier molecular flexibility index (Phi) is 6.57. The summed E-state index contributed by atoms with van der Waals surface area (Å²) in [6.45, 7) is 3.04. The van der Waals surface area contributed by atoms with Crippen molar-refractivity contribution in [1.29, 1.82) is 0 Å². The minimum Gasteiger partial charge on any atom is -0.456 e. The first kappa shape index (κ1) is 27.5. The van der Waals surface area contributed by atoms with E-state index in [2.05, 4.69) is 157 Å². The SMILES string of the molecule is CC1=[N+](Cc2ccc3ccccc3c2)C(c2cccc3oc4ccccc4c23)N=C(c2ccc3ccc(-c4ccccc4)cc3c2)C1. The zero-order valence-corrected chi connectivity index (χ0v) is 26.2. The molecule has 1 aliphatic rings. The van der Waals surface area contributed by atoms with E-state index in [9.17, 15) is 0 Å². The topological polar surface area (TPSA) is 28.5 Å². The number of benzene rings is 7. The van der Waals surface area contributed by atoms with Crippen molar-refractivity contribution in [1.82, 2.24) is 0 Å². The molecule has 0 saturated carbocycles. The lowest BCUT2D eigenvalue weighted by Gasteiger charge is -2.23. The van der Waals surface area contributed by atoms with Crippen LogP contribution in [0.15, 0.2) is 161 Å². The van der Waals surface area contributed by atoms with Gasteiger partial charge in [0.1, 0.15) is 11.2 Å². The summed E-state index contributed by atoms with van der Waals surface area (Å²) in [4.78, 5) is 5.62. The summed E-state index contributed by atoms with van der Waals surface area (Å²) in [5.74, 6) is 0. The normalized spacial score (nSPS) is 15.2. The van der Waals surface area contributed by atoms with Crippen LogP contribution in [0.3, 0.4) is 0 Å². The summed E-state index contributed by atoms with van der Waals surface area (Å²) in [5, 5.41) is 7.24. The van der Waals surface area contributed by atoms with E-state index >= 15 is 0 Å². The quantitative estimate of drug-likeness (QED) is 0.179. The molecule has 224 valence electrons. The van der Waals surface area contributed by atoms with E-state index < -0.39 is 0 Å². The highest BCUT2D eigenvalue weighted by Crippen LogP contribution is 2.38. The Balaban J connectivity index is 1.19. The summed E-state index contributed by atoms with van der Waals surface area (Å²) >= 11 is 0. The Morgan fingerprint density at radius 1 is 0.596 bits per heavy atom. The number of aliphatic imine (C=N–C) groups is 1. The maximum Gasteiger partial charge on any atom is 0.273 e. The van der Waals surface area contributed by atoms with Crippen molar-refractivity contribution in [2.45, 2.75) is 26.1 Å². The van der Waals surface area contributed by atoms with Crippen LogP contribution in [-0.2, 0) is 6.54 Å².